The number of aromatic nitrogens is 2. The first kappa shape index (κ1) is 16.3. The van der Waals surface area contributed by atoms with Gasteiger partial charge in [0.1, 0.15) is 0 Å². The quantitative estimate of drug-likeness (QED) is 0.922. The van der Waals surface area contributed by atoms with Crippen LogP contribution in [0.3, 0.4) is 0 Å². The summed E-state index contributed by atoms with van der Waals surface area (Å²) in [7, 11) is 0. The first-order chi connectivity index (χ1) is 10.7. The van der Waals surface area contributed by atoms with Crippen LogP contribution in [0.5, 0.6) is 0 Å². The van der Waals surface area contributed by atoms with Crippen LogP contribution >= 0.6 is 0 Å². The number of aliphatic hydroxyl groups is 1. The highest BCUT2D eigenvalue weighted by atomic mass is 19.4. The number of rotatable bonds is 2. The Hall–Kier alpha value is -1.60. The monoisotopic (exact) mass is 327 g/mol. The van der Waals surface area contributed by atoms with Gasteiger partial charge in [0, 0.05) is 13.1 Å². The van der Waals surface area contributed by atoms with E-state index in [0.29, 0.717) is 6.67 Å². The summed E-state index contributed by atoms with van der Waals surface area (Å²) in [4.78, 5) is 6.27. The van der Waals surface area contributed by atoms with E-state index in [1.165, 1.54) is 0 Å². The summed E-state index contributed by atoms with van der Waals surface area (Å²) in [5.41, 5.74) is 1.63. The van der Waals surface area contributed by atoms with Gasteiger partial charge < -0.3 is 9.67 Å². The van der Waals surface area contributed by atoms with E-state index in [1.807, 2.05) is 35.4 Å². The third-order valence-electron chi connectivity index (χ3n) is 4.80. The summed E-state index contributed by atoms with van der Waals surface area (Å²) in [6, 6.07) is 4.06. The second-order valence-corrected chi connectivity index (χ2v) is 6.43. The molecule has 0 unspecified atom stereocenters. The molecular formula is C16H20F3N3O. The van der Waals surface area contributed by atoms with Gasteiger partial charge >= 0.3 is 6.18 Å². The van der Waals surface area contributed by atoms with Gasteiger partial charge in [-0.15, -0.1) is 0 Å². The van der Waals surface area contributed by atoms with E-state index >= 15 is 0 Å². The maximum Gasteiger partial charge on any atom is 0.417 e. The predicted molar refractivity (Wildman–Crippen MR) is 81.0 cm³/mol. The van der Waals surface area contributed by atoms with Gasteiger partial charge in [-0.25, -0.2) is 4.98 Å². The van der Waals surface area contributed by atoms with Crippen LogP contribution in [0.15, 0.2) is 18.5 Å². The van der Waals surface area contributed by atoms with Gasteiger partial charge in [0.15, 0.2) is 5.60 Å². The molecule has 4 nitrogen and oxygen atoms in total. The lowest BCUT2D eigenvalue weighted by molar-refractivity contribution is -0.273. The van der Waals surface area contributed by atoms with Crippen molar-refractivity contribution in [2.24, 2.45) is 0 Å². The lowest BCUT2D eigenvalue weighted by Gasteiger charge is -2.39. The van der Waals surface area contributed by atoms with E-state index in [-0.39, 0.29) is 25.9 Å². The van der Waals surface area contributed by atoms with E-state index in [0.717, 1.165) is 22.2 Å². The van der Waals surface area contributed by atoms with Gasteiger partial charge in [-0.3, -0.25) is 4.90 Å². The van der Waals surface area contributed by atoms with Gasteiger partial charge in [0.25, 0.3) is 0 Å². The van der Waals surface area contributed by atoms with Crippen LogP contribution in [0.4, 0.5) is 13.2 Å². The standard InChI is InChI=1S/C16H20F3N3O/c1-11-7-13-14(8-12(11)2)22(9-20-13)10-21-5-3-15(23,4-6-21)16(17,18)19/h7-9,23H,3-6,10H2,1-2H3. The molecule has 0 amide bonds. The van der Waals surface area contributed by atoms with Crippen LogP contribution in [0, 0.1) is 13.8 Å². The minimum absolute atomic E-state index is 0.209. The summed E-state index contributed by atoms with van der Waals surface area (Å²) in [5.74, 6) is 0. The van der Waals surface area contributed by atoms with E-state index in [9.17, 15) is 18.3 Å². The predicted octanol–water partition coefficient (Wildman–Crippen LogP) is 3.00. The van der Waals surface area contributed by atoms with Crippen LogP contribution in [0.1, 0.15) is 24.0 Å². The second kappa shape index (κ2) is 5.49. The average molecular weight is 327 g/mol. The number of likely N-dealkylation sites (tertiary alicyclic amines) is 1. The van der Waals surface area contributed by atoms with E-state index in [4.69, 9.17) is 0 Å². The second-order valence-electron chi connectivity index (χ2n) is 6.43. The molecule has 1 N–H and O–H groups in total. The Morgan fingerprint density at radius 3 is 2.39 bits per heavy atom. The molecule has 1 aromatic heterocycles. The Morgan fingerprint density at radius 1 is 1.17 bits per heavy atom. The zero-order valence-corrected chi connectivity index (χ0v) is 13.2. The fourth-order valence-electron chi connectivity index (χ4n) is 2.99. The van der Waals surface area contributed by atoms with Crippen LogP contribution < -0.4 is 0 Å². The van der Waals surface area contributed by atoms with Crippen molar-refractivity contribution in [2.75, 3.05) is 13.1 Å². The normalized spacial score (nSPS) is 19.4. The molecule has 2 heterocycles. The molecule has 1 saturated heterocycles. The Balaban J connectivity index is 1.74. The molecule has 1 aliphatic heterocycles. The Labute approximate surface area is 132 Å². The molecule has 0 spiro atoms. The van der Waals surface area contributed by atoms with Crippen molar-refractivity contribution in [3.63, 3.8) is 0 Å². The van der Waals surface area contributed by atoms with Crippen molar-refractivity contribution < 1.29 is 18.3 Å². The highest BCUT2D eigenvalue weighted by molar-refractivity contribution is 5.77. The molecule has 23 heavy (non-hydrogen) atoms. The van der Waals surface area contributed by atoms with E-state index in [1.54, 1.807) is 6.33 Å². The number of imidazole rings is 1. The fourth-order valence-corrected chi connectivity index (χ4v) is 2.99. The Morgan fingerprint density at radius 2 is 1.78 bits per heavy atom. The van der Waals surface area contributed by atoms with Crippen molar-refractivity contribution in [3.05, 3.63) is 29.6 Å². The molecule has 0 atom stereocenters. The average Bonchev–Trinajstić information content (AvgIpc) is 2.83. The van der Waals surface area contributed by atoms with E-state index in [2.05, 4.69) is 4.98 Å². The number of fused-ring (bicyclic) bond motifs is 1. The number of benzene rings is 1. The third-order valence-corrected chi connectivity index (χ3v) is 4.80. The maximum atomic E-state index is 12.8. The maximum absolute atomic E-state index is 12.8. The molecule has 1 aromatic carbocycles. The molecule has 7 heteroatoms. The summed E-state index contributed by atoms with van der Waals surface area (Å²) in [5, 5.41) is 9.72. The summed E-state index contributed by atoms with van der Waals surface area (Å²) in [6.07, 6.45) is -3.42. The molecule has 3 rings (SSSR count). The van der Waals surface area contributed by atoms with Crippen molar-refractivity contribution in [3.8, 4) is 0 Å². The van der Waals surface area contributed by atoms with Gasteiger partial charge in [0.2, 0.25) is 0 Å². The van der Waals surface area contributed by atoms with Crippen LogP contribution in [0.2, 0.25) is 0 Å². The summed E-state index contributed by atoms with van der Waals surface area (Å²) >= 11 is 0. The molecular weight excluding hydrogens is 307 g/mol. The molecule has 0 radical (unpaired) electrons. The smallest absolute Gasteiger partial charge is 0.380 e. The Kier molecular flexibility index (Phi) is 3.88. The summed E-state index contributed by atoms with van der Waals surface area (Å²) < 4.78 is 40.5. The van der Waals surface area contributed by atoms with Crippen LogP contribution in [0.25, 0.3) is 11.0 Å². The van der Waals surface area contributed by atoms with Gasteiger partial charge in [0.05, 0.1) is 24.0 Å². The number of hydrogen-bond donors (Lipinski definition) is 1. The van der Waals surface area contributed by atoms with Gasteiger partial charge in [-0.1, -0.05) is 0 Å². The minimum Gasteiger partial charge on any atom is -0.380 e. The molecule has 0 bridgehead atoms. The molecule has 126 valence electrons. The number of piperidine rings is 1. The van der Waals surface area contributed by atoms with E-state index < -0.39 is 11.8 Å². The van der Waals surface area contributed by atoms with Gasteiger partial charge in [-0.2, -0.15) is 13.2 Å². The molecule has 0 aliphatic carbocycles. The number of aryl methyl sites for hydroxylation is 2. The van der Waals surface area contributed by atoms with Crippen LogP contribution in [-0.4, -0.2) is 44.4 Å². The third kappa shape index (κ3) is 2.95. The van der Waals surface area contributed by atoms with Crippen molar-refractivity contribution in [1.29, 1.82) is 0 Å². The highest BCUT2D eigenvalue weighted by Crippen LogP contribution is 2.38. The molecule has 1 fully saturated rings. The molecule has 1 aliphatic rings. The van der Waals surface area contributed by atoms with Crippen molar-refractivity contribution in [1.82, 2.24) is 14.5 Å². The molecule has 0 saturated carbocycles. The largest absolute Gasteiger partial charge is 0.417 e. The zero-order chi connectivity index (χ0) is 16.8. The number of alkyl halides is 3. The highest BCUT2D eigenvalue weighted by Gasteiger charge is 2.54. The summed E-state index contributed by atoms with van der Waals surface area (Å²) in [6.45, 7) is 4.95. The Bertz CT molecular complexity index is 715. The fraction of sp³-hybridized carbons (Fsp3) is 0.562. The first-order valence-electron chi connectivity index (χ1n) is 7.63. The lowest BCUT2D eigenvalue weighted by atomic mass is 9.91. The number of halogens is 3. The van der Waals surface area contributed by atoms with Crippen LogP contribution in [-0.2, 0) is 6.67 Å². The SMILES string of the molecule is Cc1cc2ncn(CN3CCC(O)(C(F)(F)F)CC3)c2cc1C. The molecule has 2 aromatic rings. The number of hydrogen-bond acceptors (Lipinski definition) is 3. The lowest BCUT2D eigenvalue weighted by Crippen LogP contribution is -2.53. The zero-order valence-electron chi connectivity index (χ0n) is 13.2. The van der Waals surface area contributed by atoms with Crippen molar-refractivity contribution in [2.45, 2.75) is 45.1 Å². The topological polar surface area (TPSA) is 41.3 Å². The van der Waals surface area contributed by atoms with Gasteiger partial charge in [-0.05, 0) is 49.9 Å². The minimum atomic E-state index is -4.56. The van der Waals surface area contributed by atoms with Crippen molar-refractivity contribution >= 4 is 11.0 Å². The number of nitrogens with zero attached hydrogens (tertiary/aromatic N) is 3. The first-order valence-corrected chi connectivity index (χ1v) is 7.63.